The number of fused-ring (bicyclic) bond motifs is 1. The molecule has 2 aromatic rings. The topological polar surface area (TPSA) is 81.2 Å². The number of amides is 3. The number of carbonyl (C=O) groups is 3. The number of hydrogen-bond donors (Lipinski definition) is 1. The lowest BCUT2D eigenvalue weighted by Gasteiger charge is -2.46. The van der Waals surface area contributed by atoms with E-state index in [1.54, 1.807) is 33.7 Å². The zero-order chi connectivity index (χ0) is 35.0. The fraction of sp³-hybridized carbons (Fsp3) is 0.513. The lowest BCUT2D eigenvalue weighted by atomic mass is 9.70. The van der Waals surface area contributed by atoms with Gasteiger partial charge >= 0.3 is 0 Å². The minimum absolute atomic E-state index is 0.0702. The number of halogens is 1. The Bertz CT molecular complexity index is 1510. The van der Waals surface area contributed by atoms with Crippen LogP contribution in [0.1, 0.15) is 64.6 Å². The first-order chi connectivity index (χ1) is 22.7. The summed E-state index contributed by atoms with van der Waals surface area (Å²) in [6.07, 6.45) is 4.76. The van der Waals surface area contributed by atoms with Gasteiger partial charge in [-0.05, 0) is 43.2 Å². The number of likely N-dealkylation sites (tertiary alicyclic amines) is 1. The SMILES string of the molecule is C=CCN(Cc1ccccc1)C(=O)[C@H]1[C@H]2C(=O)N([C@H](CO)c3ccccc3)C(C(=O)N(CC=C)C(C)(C)CC(C)(C)C)C23CC(Br)[C@@H]1S3. The molecule has 3 amide bonds. The molecule has 7 atom stereocenters. The van der Waals surface area contributed by atoms with E-state index in [9.17, 15) is 9.90 Å². The van der Waals surface area contributed by atoms with Gasteiger partial charge in [0.25, 0.3) is 0 Å². The summed E-state index contributed by atoms with van der Waals surface area (Å²) in [5.41, 5.74) is 1.11. The molecule has 258 valence electrons. The van der Waals surface area contributed by atoms with Crippen LogP contribution in [-0.4, -0.2) is 83.6 Å². The van der Waals surface area contributed by atoms with Gasteiger partial charge in [0.05, 0.1) is 29.2 Å². The van der Waals surface area contributed by atoms with Crippen LogP contribution in [0.2, 0.25) is 0 Å². The number of benzene rings is 2. The molecule has 2 aromatic carbocycles. The summed E-state index contributed by atoms with van der Waals surface area (Å²) in [6, 6.07) is 17.6. The molecule has 9 heteroatoms. The molecule has 48 heavy (non-hydrogen) atoms. The standard InChI is InChI=1S/C39H50BrN3O4S/c1-8-20-41(23-26-16-12-10-13-17-26)34(45)30-31-35(46)43(29(24-44)27-18-14-11-15-19-27)33(39(31)22-28(40)32(30)48-39)36(47)42(21-9-2)38(6,7)25-37(3,4)5/h8-19,28-33,44H,1-2,20-25H2,3-7H3/t28?,29-,30+,31+,32+,33?,39?/m1/s1. The molecular weight excluding hydrogens is 686 g/mol. The second-order valence-electron chi connectivity index (χ2n) is 15.3. The van der Waals surface area contributed by atoms with Crippen molar-refractivity contribution in [3.05, 3.63) is 97.1 Å². The maximum absolute atomic E-state index is 15.3. The molecule has 1 spiro atoms. The summed E-state index contributed by atoms with van der Waals surface area (Å²) >= 11 is 5.55. The summed E-state index contributed by atoms with van der Waals surface area (Å²) in [6.45, 7) is 19.2. The molecule has 0 saturated carbocycles. The summed E-state index contributed by atoms with van der Waals surface area (Å²) < 4.78 is -0.862. The van der Waals surface area contributed by atoms with E-state index in [-0.39, 0.29) is 39.8 Å². The lowest BCUT2D eigenvalue weighted by Crippen LogP contribution is -2.61. The van der Waals surface area contributed by atoms with Gasteiger partial charge in [-0.3, -0.25) is 14.4 Å². The van der Waals surface area contributed by atoms with Crippen molar-refractivity contribution in [2.45, 2.75) is 86.5 Å². The Balaban J connectivity index is 1.64. The van der Waals surface area contributed by atoms with E-state index in [0.29, 0.717) is 26.1 Å². The van der Waals surface area contributed by atoms with Gasteiger partial charge in [0, 0.05) is 35.3 Å². The molecule has 3 aliphatic heterocycles. The zero-order valence-corrected chi connectivity index (χ0v) is 31.3. The second-order valence-corrected chi connectivity index (χ2v) is 18.0. The predicted molar refractivity (Wildman–Crippen MR) is 197 cm³/mol. The number of rotatable bonds is 13. The van der Waals surface area contributed by atoms with Gasteiger partial charge in [-0.2, -0.15) is 0 Å². The third-order valence-corrected chi connectivity index (χ3v) is 13.3. The number of carbonyl (C=O) groups excluding carboxylic acids is 3. The van der Waals surface area contributed by atoms with Crippen LogP contribution < -0.4 is 0 Å². The van der Waals surface area contributed by atoms with Gasteiger partial charge in [-0.15, -0.1) is 24.9 Å². The Kier molecular flexibility index (Phi) is 10.7. The number of aliphatic hydroxyl groups excluding tert-OH is 1. The van der Waals surface area contributed by atoms with Crippen LogP contribution in [-0.2, 0) is 20.9 Å². The monoisotopic (exact) mass is 735 g/mol. The van der Waals surface area contributed by atoms with Crippen molar-refractivity contribution < 1.29 is 19.5 Å². The average molecular weight is 737 g/mol. The Morgan fingerprint density at radius 3 is 2.19 bits per heavy atom. The van der Waals surface area contributed by atoms with E-state index in [1.807, 2.05) is 65.6 Å². The van der Waals surface area contributed by atoms with Crippen LogP contribution in [0.4, 0.5) is 0 Å². The van der Waals surface area contributed by atoms with E-state index < -0.39 is 34.2 Å². The maximum Gasteiger partial charge on any atom is 0.247 e. The fourth-order valence-electron chi connectivity index (χ4n) is 8.70. The van der Waals surface area contributed by atoms with Crippen LogP contribution in [0.5, 0.6) is 0 Å². The molecule has 1 N–H and O–H groups in total. The highest BCUT2D eigenvalue weighted by molar-refractivity contribution is 9.09. The molecule has 7 nitrogen and oxygen atoms in total. The zero-order valence-electron chi connectivity index (χ0n) is 28.8. The minimum Gasteiger partial charge on any atom is -0.394 e. The highest BCUT2D eigenvalue weighted by Gasteiger charge is 2.77. The number of thioether (sulfide) groups is 1. The first-order valence-electron chi connectivity index (χ1n) is 16.9. The first kappa shape index (κ1) is 36.4. The van der Waals surface area contributed by atoms with E-state index >= 15 is 9.59 Å². The average Bonchev–Trinajstić information content (AvgIpc) is 3.62. The largest absolute Gasteiger partial charge is 0.394 e. The predicted octanol–water partition coefficient (Wildman–Crippen LogP) is 6.63. The van der Waals surface area contributed by atoms with E-state index in [2.05, 4.69) is 63.7 Å². The molecule has 2 bridgehead atoms. The van der Waals surface area contributed by atoms with E-state index in [0.717, 1.165) is 17.5 Å². The quantitative estimate of drug-likeness (QED) is 0.185. The maximum atomic E-state index is 15.3. The molecule has 0 aliphatic carbocycles. The van der Waals surface area contributed by atoms with Crippen molar-refractivity contribution in [3.8, 4) is 0 Å². The molecule has 3 unspecified atom stereocenters. The minimum atomic E-state index is -0.888. The van der Waals surface area contributed by atoms with E-state index in [4.69, 9.17) is 0 Å². The highest BCUT2D eigenvalue weighted by atomic mass is 79.9. The Morgan fingerprint density at radius 1 is 1.02 bits per heavy atom. The van der Waals surface area contributed by atoms with Crippen molar-refractivity contribution in [3.63, 3.8) is 0 Å². The van der Waals surface area contributed by atoms with Crippen molar-refractivity contribution in [2.75, 3.05) is 19.7 Å². The van der Waals surface area contributed by atoms with Crippen LogP contribution >= 0.6 is 27.7 Å². The first-order valence-corrected chi connectivity index (χ1v) is 18.7. The Labute approximate surface area is 298 Å². The van der Waals surface area contributed by atoms with Gasteiger partial charge in [0.2, 0.25) is 17.7 Å². The summed E-state index contributed by atoms with van der Waals surface area (Å²) in [5.74, 6) is -1.88. The van der Waals surface area contributed by atoms with Crippen LogP contribution in [0, 0.1) is 17.3 Å². The number of hydrogen-bond acceptors (Lipinski definition) is 5. The van der Waals surface area contributed by atoms with Gasteiger partial charge in [-0.1, -0.05) is 110 Å². The number of nitrogens with zero attached hydrogens (tertiary/aromatic N) is 3. The molecular formula is C39H50BrN3O4S. The van der Waals surface area contributed by atoms with Crippen molar-refractivity contribution in [1.29, 1.82) is 0 Å². The van der Waals surface area contributed by atoms with E-state index in [1.165, 1.54) is 0 Å². The second kappa shape index (κ2) is 14.2. The summed E-state index contributed by atoms with van der Waals surface area (Å²) in [5, 5.41) is 10.8. The fourth-order valence-corrected chi connectivity index (χ4v) is 12.3. The normalized spacial score (nSPS) is 27.0. The van der Waals surface area contributed by atoms with Crippen molar-refractivity contribution in [1.82, 2.24) is 14.7 Å². The van der Waals surface area contributed by atoms with Crippen LogP contribution in [0.15, 0.2) is 86.0 Å². The molecule has 0 radical (unpaired) electrons. The molecule has 3 heterocycles. The van der Waals surface area contributed by atoms with Crippen molar-refractivity contribution in [2.24, 2.45) is 17.3 Å². The van der Waals surface area contributed by atoms with Gasteiger partial charge in [-0.25, -0.2) is 0 Å². The Morgan fingerprint density at radius 2 is 1.62 bits per heavy atom. The number of aliphatic hydroxyl groups is 1. The van der Waals surface area contributed by atoms with Crippen molar-refractivity contribution >= 4 is 45.4 Å². The molecule has 0 aromatic heterocycles. The van der Waals surface area contributed by atoms with Gasteiger partial charge < -0.3 is 19.8 Å². The summed E-state index contributed by atoms with van der Waals surface area (Å²) in [4.78, 5) is 50.4. The van der Waals surface area contributed by atoms with Crippen LogP contribution in [0.3, 0.4) is 0 Å². The summed E-state index contributed by atoms with van der Waals surface area (Å²) in [7, 11) is 0. The highest BCUT2D eigenvalue weighted by Crippen LogP contribution is 2.69. The third kappa shape index (κ3) is 6.67. The molecule has 3 aliphatic rings. The Hall–Kier alpha value is -2.88. The molecule has 3 saturated heterocycles. The molecule has 5 rings (SSSR count). The molecule has 3 fully saturated rings. The van der Waals surface area contributed by atoms with Gasteiger partial charge in [0.15, 0.2) is 0 Å². The van der Waals surface area contributed by atoms with Gasteiger partial charge in [0.1, 0.15) is 6.04 Å². The smallest absolute Gasteiger partial charge is 0.247 e. The lowest BCUT2D eigenvalue weighted by molar-refractivity contribution is -0.149. The number of alkyl halides is 1. The third-order valence-electron chi connectivity index (χ3n) is 10.1. The van der Waals surface area contributed by atoms with Crippen LogP contribution in [0.25, 0.3) is 0 Å².